The number of hydrogen-bond donors (Lipinski definition) is 1. The molecule has 2 N–H and O–H groups in total. The van der Waals surface area contributed by atoms with Crippen LogP contribution in [-0.2, 0) is 6.42 Å². The fourth-order valence-corrected chi connectivity index (χ4v) is 1.66. The largest absolute Gasteiger partial charge is 0.397 e. The molecule has 0 amide bonds. The summed E-state index contributed by atoms with van der Waals surface area (Å²) in [4.78, 5) is 4.24. The zero-order chi connectivity index (χ0) is 11.5. The molecule has 0 saturated carbocycles. The Morgan fingerprint density at radius 3 is 2.94 bits per heavy atom. The molecule has 0 atom stereocenters. The van der Waals surface area contributed by atoms with Crippen molar-refractivity contribution < 1.29 is 0 Å². The van der Waals surface area contributed by atoms with Gasteiger partial charge < -0.3 is 10.3 Å². The number of nitrogens with zero attached hydrogens (tertiary/aromatic N) is 3. The minimum atomic E-state index is 0.569. The average molecular weight is 212 g/mol. The maximum Gasteiger partial charge on any atom is 0.112 e. The Morgan fingerprint density at radius 1 is 1.50 bits per heavy atom. The molecule has 80 valence electrons. The molecule has 0 spiro atoms. The van der Waals surface area contributed by atoms with E-state index in [9.17, 15) is 0 Å². The molecule has 0 aliphatic rings. The van der Waals surface area contributed by atoms with Gasteiger partial charge >= 0.3 is 0 Å². The summed E-state index contributed by atoms with van der Waals surface area (Å²) in [5.41, 5.74) is 7.94. The fourth-order valence-electron chi connectivity index (χ4n) is 1.66. The van der Waals surface area contributed by atoms with Crippen molar-refractivity contribution in [1.29, 1.82) is 5.26 Å². The highest BCUT2D eigenvalue weighted by atomic mass is 15.1. The lowest BCUT2D eigenvalue weighted by atomic mass is 10.2. The molecule has 1 aromatic heterocycles. The molecule has 0 unspecified atom stereocenters. The highest BCUT2D eigenvalue weighted by molar-refractivity contribution is 5.61. The maximum absolute atomic E-state index is 8.76. The van der Waals surface area contributed by atoms with Crippen molar-refractivity contribution in [3.8, 4) is 11.8 Å². The first-order chi connectivity index (χ1) is 7.76. The molecule has 16 heavy (non-hydrogen) atoms. The van der Waals surface area contributed by atoms with E-state index in [1.807, 2.05) is 23.8 Å². The smallest absolute Gasteiger partial charge is 0.112 e. The number of nitrogen functional groups attached to an aromatic ring is 1. The van der Waals surface area contributed by atoms with Crippen LogP contribution in [0.4, 0.5) is 5.69 Å². The van der Waals surface area contributed by atoms with Crippen LogP contribution < -0.4 is 5.73 Å². The van der Waals surface area contributed by atoms with Crippen molar-refractivity contribution >= 4 is 5.69 Å². The van der Waals surface area contributed by atoms with E-state index >= 15 is 0 Å². The van der Waals surface area contributed by atoms with Gasteiger partial charge in [0.1, 0.15) is 5.82 Å². The summed E-state index contributed by atoms with van der Waals surface area (Å²) in [7, 11) is 0. The summed E-state index contributed by atoms with van der Waals surface area (Å²) in [6.07, 6.45) is 4.46. The second kappa shape index (κ2) is 4.07. The molecule has 0 aliphatic carbocycles. The van der Waals surface area contributed by atoms with Crippen LogP contribution >= 0.6 is 0 Å². The monoisotopic (exact) mass is 212 g/mol. The van der Waals surface area contributed by atoms with Crippen LogP contribution in [0.15, 0.2) is 30.6 Å². The zero-order valence-corrected chi connectivity index (χ0v) is 9.01. The Kier molecular flexibility index (Phi) is 2.61. The van der Waals surface area contributed by atoms with Gasteiger partial charge in [0, 0.05) is 18.8 Å². The molecule has 4 nitrogen and oxygen atoms in total. The summed E-state index contributed by atoms with van der Waals surface area (Å²) < 4.78 is 1.94. The van der Waals surface area contributed by atoms with Crippen LogP contribution in [0, 0.1) is 11.3 Å². The van der Waals surface area contributed by atoms with Gasteiger partial charge in [-0.1, -0.05) is 6.92 Å². The van der Waals surface area contributed by atoms with Gasteiger partial charge in [-0.15, -0.1) is 0 Å². The van der Waals surface area contributed by atoms with Gasteiger partial charge in [-0.3, -0.25) is 0 Å². The van der Waals surface area contributed by atoms with Gasteiger partial charge in [-0.25, -0.2) is 4.98 Å². The van der Waals surface area contributed by atoms with Gasteiger partial charge in [0.2, 0.25) is 0 Å². The quantitative estimate of drug-likeness (QED) is 0.773. The third kappa shape index (κ3) is 1.63. The van der Waals surface area contributed by atoms with Crippen LogP contribution in [0.3, 0.4) is 0 Å². The predicted molar refractivity (Wildman–Crippen MR) is 62.1 cm³/mol. The molecular weight excluding hydrogens is 200 g/mol. The highest BCUT2D eigenvalue weighted by Crippen LogP contribution is 2.20. The van der Waals surface area contributed by atoms with Gasteiger partial charge in [0.15, 0.2) is 0 Å². The van der Waals surface area contributed by atoms with Crippen molar-refractivity contribution in [2.45, 2.75) is 13.3 Å². The summed E-state index contributed by atoms with van der Waals surface area (Å²) in [5, 5.41) is 8.76. The molecule has 4 heteroatoms. The van der Waals surface area contributed by atoms with E-state index in [1.165, 1.54) is 0 Å². The third-order valence-corrected chi connectivity index (χ3v) is 2.45. The van der Waals surface area contributed by atoms with Crippen LogP contribution in [0.25, 0.3) is 5.69 Å². The SMILES string of the molecule is CCc1nccn1-c1ccc(C#N)cc1N. The molecule has 0 fully saturated rings. The number of nitrogens with two attached hydrogens (primary N) is 1. The maximum atomic E-state index is 8.76. The number of imidazole rings is 1. The lowest BCUT2D eigenvalue weighted by Crippen LogP contribution is -2.03. The molecule has 2 rings (SSSR count). The Bertz CT molecular complexity index is 548. The van der Waals surface area contributed by atoms with Crippen LogP contribution in [-0.4, -0.2) is 9.55 Å². The summed E-state index contributed by atoms with van der Waals surface area (Å²) in [6.45, 7) is 2.04. The second-order valence-corrected chi connectivity index (χ2v) is 3.45. The van der Waals surface area contributed by atoms with Gasteiger partial charge in [0.05, 0.1) is 23.0 Å². The van der Waals surface area contributed by atoms with Gasteiger partial charge in [-0.05, 0) is 18.2 Å². The lowest BCUT2D eigenvalue weighted by Gasteiger charge is -2.09. The number of anilines is 1. The van der Waals surface area contributed by atoms with E-state index in [4.69, 9.17) is 11.0 Å². The topological polar surface area (TPSA) is 67.6 Å². The van der Waals surface area contributed by atoms with Crippen molar-refractivity contribution in [3.05, 3.63) is 42.0 Å². The first-order valence-corrected chi connectivity index (χ1v) is 5.08. The summed E-state index contributed by atoms with van der Waals surface area (Å²) in [5.74, 6) is 0.955. The minimum absolute atomic E-state index is 0.569. The normalized spacial score (nSPS) is 10.0. The van der Waals surface area contributed by atoms with E-state index in [1.54, 1.807) is 18.3 Å². The van der Waals surface area contributed by atoms with Crippen molar-refractivity contribution in [2.24, 2.45) is 0 Å². The predicted octanol–water partition coefficient (Wildman–Crippen LogP) is 1.89. The van der Waals surface area contributed by atoms with E-state index in [2.05, 4.69) is 11.1 Å². The standard InChI is InChI=1S/C12H12N4/c1-2-12-15-5-6-16(12)11-4-3-9(8-13)7-10(11)14/h3-7H,2,14H2,1H3. The third-order valence-electron chi connectivity index (χ3n) is 2.45. The van der Waals surface area contributed by atoms with Crippen LogP contribution in [0.5, 0.6) is 0 Å². The number of rotatable bonds is 2. The Hall–Kier alpha value is -2.28. The van der Waals surface area contributed by atoms with E-state index in [-0.39, 0.29) is 0 Å². The number of nitriles is 1. The van der Waals surface area contributed by atoms with Crippen LogP contribution in [0.1, 0.15) is 18.3 Å². The molecule has 1 heterocycles. The molecular formula is C12H12N4. The molecule has 1 aromatic carbocycles. The van der Waals surface area contributed by atoms with Crippen molar-refractivity contribution in [3.63, 3.8) is 0 Å². The molecule has 0 saturated heterocycles. The average Bonchev–Trinajstić information content (AvgIpc) is 2.76. The number of aromatic nitrogens is 2. The van der Waals surface area contributed by atoms with Gasteiger partial charge in [-0.2, -0.15) is 5.26 Å². The Balaban J connectivity index is 2.53. The van der Waals surface area contributed by atoms with E-state index < -0.39 is 0 Å². The molecule has 0 radical (unpaired) electrons. The summed E-state index contributed by atoms with van der Waals surface area (Å²) >= 11 is 0. The minimum Gasteiger partial charge on any atom is -0.397 e. The molecule has 0 aliphatic heterocycles. The molecule has 0 bridgehead atoms. The first-order valence-electron chi connectivity index (χ1n) is 5.08. The second-order valence-electron chi connectivity index (χ2n) is 3.45. The Morgan fingerprint density at radius 2 is 2.31 bits per heavy atom. The number of hydrogen-bond acceptors (Lipinski definition) is 3. The first kappa shape index (κ1) is 10.2. The highest BCUT2D eigenvalue weighted by Gasteiger charge is 2.06. The number of aryl methyl sites for hydroxylation is 1. The van der Waals surface area contributed by atoms with Gasteiger partial charge in [0.25, 0.3) is 0 Å². The Labute approximate surface area is 94.0 Å². The number of benzene rings is 1. The lowest BCUT2D eigenvalue weighted by molar-refractivity contribution is 0.893. The van der Waals surface area contributed by atoms with Crippen molar-refractivity contribution in [1.82, 2.24) is 9.55 Å². The molecule has 2 aromatic rings. The summed E-state index contributed by atoms with van der Waals surface area (Å²) in [6, 6.07) is 7.34. The van der Waals surface area contributed by atoms with Crippen molar-refractivity contribution in [2.75, 3.05) is 5.73 Å². The van der Waals surface area contributed by atoms with E-state index in [0.717, 1.165) is 17.9 Å². The van der Waals surface area contributed by atoms with Crippen LogP contribution in [0.2, 0.25) is 0 Å². The zero-order valence-electron chi connectivity index (χ0n) is 9.01. The van der Waals surface area contributed by atoms with E-state index in [0.29, 0.717) is 11.3 Å². The fraction of sp³-hybridized carbons (Fsp3) is 0.167.